The lowest BCUT2D eigenvalue weighted by Crippen LogP contribution is -2.00. The van der Waals surface area contributed by atoms with E-state index in [0.29, 0.717) is 35.8 Å². The molecule has 0 spiro atoms. The zero-order chi connectivity index (χ0) is 11.1. The lowest BCUT2D eigenvalue weighted by molar-refractivity contribution is 0.262. The first kappa shape index (κ1) is 11.8. The average molecular weight is 226 g/mol. The average Bonchev–Trinajstić information content (AvgIpc) is 2.26. The van der Waals surface area contributed by atoms with Crippen molar-refractivity contribution in [1.82, 2.24) is 0 Å². The molecule has 1 aromatic rings. The molecule has 0 aromatic heterocycles. The van der Waals surface area contributed by atoms with Gasteiger partial charge in [0.15, 0.2) is 0 Å². The highest BCUT2D eigenvalue weighted by atomic mass is 35.5. The first-order valence-electron chi connectivity index (χ1n) is 4.67. The third-order valence-corrected chi connectivity index (χ3v) is 2.20. The minimum Gasteiger partial charge on any atom is -0.492 e. The van der Waals surface area contributed by atoms with Crippen LogP contribution in [-0.2, 0) is 6.61 Å². The van der Waals surface area contributed by atoms with Crippen LogP contribution in [0.15, 0.2) is 18.2 Å². The molecule has 4 heteroatoms. The topological polar surface area (TPSA) is 53.2 Å². The van der Waals surface area contributed by atoms with E-state index in [1.807, 2.05) is 6.07 Å². The Morgan fingerprint density at radius 3 is 2.93 bits per heavy atom. The van der Waals surface area contributed by atoms with E-state index < -0.39 is 0 Å². The van der Waals surface area contributed by atoms with Crippen LogP contribution in [0.1, 0.15) is 18.4 Å². The number of para-hydroxylation sites is 1. The maximum Gasteiger partial charge on any atom is 0.143 e. The van der Waals surface area contributed by atoms with E-state index in [0.717, 1.165) is 0 Å². The third-order valence-electron chi connectivity index (χ3n) is 1.90. The summed E-state index contributed by atoms with van der Waals surface area (Å²) in [5.41, 5.74) is 0.666. The molecule has 0 aliphatic rings. The lowest BCUT2D eigenvalue weighted by atomic mass is 10.2. The van der Waals surface area contributed by atoms with Crippen LogP contribution in [0, 0.1) is 11.3 Å². The van der Waals surface area contributed by atoms with Crippen LogP contribution in [0.4, 0.5) is 0 Å². The Kier molecular flexibility index (Phi) is 4.96. The number of nitriles is 1. The van der Waals surface area contributed by atoms with Crippen LogP contribution < -0.4 is 4.74 Å². The number of hydrogen-bond donors (Lipinski definition) is 1. The molecular formula is C11H12ClNO2. The Labute approximate surface area is 93.9 Å². The number of ether oxygens (including phenoxy) is 1. The molecule has 0 heterocycles. The predicted octanol–water partition coefficient (Wildman–Crippen LogP) is 2.51. The Balaban J connectivity index is 2.63. The van der Waals surface area contributed by atoms with Crippen LogP contribution in [0.2, 0.25) is 5.02 Å². The number of aliphatic hydroxyl groups is 1. The van der Waals surface area contributed by atoms with Crippen molar-refractivity contribution in [2.75, 3.05) is 6.61 Å². The molecule has 0 amide bonds. The first-order valence-corrected chi connectivity index (χ1v) is 5.05. The van der Waals surface area contributed by atoms with Crippen LogP contribution >= 0.6 is 11.6 Å². The highest BCUT2D eigenvalue weighted by Gasteiger charge is 2.06. The maximum atomic E-state index is 9.05. The van der Waals surface area contributed by atoms with Gasteiger partial charge in [-0.3, -0.25) is 0 Å². The van der Waals surface area contributed by atoms with Gasteiger partial charge in [0.2, 0.25) is 0 Å². The first-order chi connectivity index (χ1) is 7.29. The van der Waals surface area contributed by atoms with Gasteiger partial charge < -0.3 is 9.84 Å². The number of benzene rings is 1. The van der Waals surface area contributed by atoms with Gasteiger partial charge in [-0.05, 0) is 12.5 Å². The largest absolute Gasteiger partial charge is 0.492 e. The van der Waals surface area contributed by atoms with Gasteiger partial charge in [-0.2, -0.15) is 5.26 Å². The van der Waals surface area contributed by atoms with Gasteiger partial charge in [0.05, 0.1) is 24.3 Å². The van der Waals surface area contributed by atoms with Gasteiger partial charge in [-0.25, -0.2) is 0 Å². The van der Waals surface area contributed by atoms with Gasteiger partial charge in [0.1, 0.15) is 5.75 Å². The highest BCUT2D eigenvalue weighted by molar-refractivity contribution is 6.32. The molecule has 80 valence electrons. The molecule has 0 atom stereocenters. The summed E-state index contributed by atoms with van der Waals surface area (Å²) in [6.07, 6.45) is 1.12. The van der Waals surface area contributed by atoms with E-state index in [4.69, 9.17) is 26.7 Å². The SMILES string of the molecule is N#CCCCOc1c(Cl)cccc1CO. The molecule has 1 rings (SSSR count). The fraction of sp³-hybridized carbons (Fsp3) is 0.364. The van der Waals surface area contributed by atoms with Gasteiger partial charge in [0, 0.05) is 12.0 Å². The van der Waals surface area contributed by atoms with E-state index in [1.54, 1.807) is 18.2 Å². The van der Waals surface area contributed by atoms with E-state index in [1.165, 1.54) is 0 Å². The molecule has 0 aliphatic heterocycles. The Morgan fingerprint density at radius 1 is 1.47 bits per heavy atom. The zero-order valence-electron chi connectivity index (χ0n) is 8.24. The van der Waals surface area contributed by atoms with Crippen molar-refractivity contribution >= 4 is 11.6 Å². The van der Waals surface area contributed by atoms with Crippen molar-refractivity contribution in [3.63, 3.8) is 0 Å². The van der Waals surface area contributed by atoms with E-state index in [2.05, 4.69) is 0 Å². The Bertz CT molecular complexity index is 360. The van der Waals surface area contributed by atoms with Crippen molar-refractivity contribution in [3.05, 3.63) is 28.8 Å². The van der Waals surface area contributed by atoms with Gasteiger partial charge in [-0.15, -0.1) is 0 Å². The predicted molar refractivity (Wildman–Crippen MR) is 57.7 cm³/mol. The molecule has 0 fully saturated rings. The molecule has 0 aliphatic carbocycles. The quantitative estimate of drug-likeness (QED) is 0.784. The Hall–Kier alpha value is -1.24. The second-order valence-corrected chi connectivity index (χ2v) is 3.40. The van der Waals surface area contributed by atoms with Crippen molar-refractivity contribution < 1.29 is 9.84 Å². The van der Waals surface area contributed by atoms with E-state index in [9.17, 15) is 0 Å². The number of hydrogen-bond acceptors (Lipinski definition) is 3. The molecule has 15 heavy (non-hydrogen) atoms. The monoisotopic (exact) mass is 225 g/mol. The van der Waals surface area contributed by atoms with Crippen molar-refractivity contribution in [3.8, 4) is 11.8 Å². The number of unbranched alkanes of at least 4 members (excludes halogenated alkanes) is 1. The summed E-state index contributed by atoms with van der Waals surface area (Å²) < 4.78 is 5.42. The molecule has 3 nitrogen and oxygen atoms in total. The van der Waals surface area contributed by atoms with Crippen LogP contribution in [-0.4, -0.2) is 11.7 Å². The summed E-state index contributed by atoms with van der Waals surface area (Å²) in [7, 11) is 0. The van der Waals surface area contributed by atoms with E-state index >= 15 is 0 Å². The van der Waals surface area contributed by atoms with Crippen LogP contribution in [0.5, 0.6) is 5.75 Å². The smallest absolute Gasteiger partial charge is 0.143 e. The number of halogens is 1. The summed E-state index contributed by atoms with van der Waals surface area (Å²) in [5.74, 6) is 0.514. The normalized spacial score (nSPS) is 9.67. The van der Waals surface area contributed by atoms with Crippen molar-refractivity contribution in [2.45, 2.75) is 19.4 Å². The number of aliphatic hydroxyl groups excluding tert-OH is 1. The fourth-order valence-electron chi connectivity index (χ4n) is 1.17. The van der Waals surface area contributed by atoms with Gasteiger partial charge in [-0.1, -0.05) is 23.7 Å². The van der Waals surface area contributed by atoms with Crippen molar-refractivity contribution in [2.24, 2.45) is 0 Å². The molecule has 1 N–H and O–H groups in total. The zero-order valence-corrected chi connectivity index (χ0v) is 9.00. The molecule has 0 bridgehead atoms. The van der Waals surface area contributed by atoms with E-state index in [-0.39, 0.29) is 6.61 Å². The summed E-state index contributed by atoms with van der Waals surface area (Å²) in [4.78, 5) is 0. The lowest BCUT2D eigenvalue weighted by Gasteiger charge is -2.10. The fourth-order valence-corrected chi connectivity index (χ4v) is 1.41. The summed E-state index contributed by atoms with van der Waals surface area (Å²) in [5, 5.41) is 17.9. The highest BCUT2D eigenvalue weighted by Crippen LogP contribution is 2.28. The number of nitrogens with zero attached hydrogens (tertiary/aromatic N) is 1. The van der Waals surface area contributed by atoms with Crippen LogP contribution in [0.3, 0.4) is 0 Å². The van der Waals surface area contributed by atoms with Crippen LogP contribution in [0.25, 0.3) is 0 Å². The summed E-state index contributed by atoms with van der Waals surface area (Å²) in [6.45, 7) is 0.332. The molecule has 0 saturated carbocycles. The standard InChI is InChI=1S/C11H12ClNO2/c12-10-5-3-4-9(8-14)11(10)15-7-2-1-6-13/h3-5,14H,1-2,7-8H2. The Morgan fingerprint density at radius 2 is 2.27 bits per heavy atom. The minimum absolute atomic E-state index is 0.103. The second kappa shape index (κ2) is 6.28. The number of rotatable bonds is 5. The summed E-state index contributed by atoms with van der Waals surface area (Å²) >= 11 is 5.92. The minimum atomic E-state index is -0.103. The van der Waals surface area contributed by atoms with Gasteiger partial charge >= 0.3 is 0 Å². The summed E-state index contributed by atoms with van der Waals surface area (Å²) in [6, 6.07) is 7.26. The maximum absolute atomic E-state index is 9.05. The molecule has 0 saturated heterocycles. The second-order valence-electron chi connectivity index (χ2n) is 3.00. The molecule has 0 unspecified atom stereocenters. The molecular weight excluding hydrogens is 214 g/mol. The third kappa shape index (κ3) is 3.43. The van der Waals surface area contributed by atoms with Gasteiger partial charge in [0.25, 0.3) is 0 Å². The molecule has 0 radical (unpaired) electrons. The van der Waals surface area contributed by atoms with Crippen molar-refractivity contribution in [1.29, 1.82) is 5.26 Å². The molecule has 1 aromatic carbocycles.